The van der Waals surface area contributed by atoms with Gasteiger partial charge in [-0.05, 0) is 60.5 Å². The van der Waals surface area contributed by atoms with Crippen molar-refractivity contribution in [3.05, 3.63) is 119 Å². The molecule has 6 rings (SSSR count). The predicted octanol–water partition coefficient (Wildman–Crippen LogP) is 7.62. The van der Waals surface area contributed by atoms with E-state index in [1.807, 2.05) is 59.6 Å². The third kappa shape index (κ3) is 4.54. The molecule has 1 atom stereocenters. The monoisotopic (exact) mass is 504 g/mol. The summed E-state index contributed by atoms with van der Waals surface area (Å²) in [6, 6.07) is 32.4. The van der Waals surface area contributed by atoms with Crippen molar-refractivity contribution in [3.63, 3.8) is 0 Å². The van der Waals surface area contributed by atoms with Crippen molar-refractivity contribution < 1.29 is 4.74 Å². The quantitative estimate of drug-likeness (QED) is 0.247. The minimum absolute atomic E-state index is 0.0313. The second-order valence-corrected chi connectivity index (χ2v) is 9.59. The van der Waals surface area contributed by atoms with Gasteiger partial charge < -0.3 is 4.74 Å². The normalized spacial score (nSPS) is 15.2. The molecule has 0 unspecified atom stereocenters. The van der Waals surface area contributed by atoms with Crippen LogP contribution in [0.2, 0.25) is 5.02 Å². The van der Waals surface area contributed by atoms with Crippen molar-refractivity contribution in [1.29, 1.82) is 0 Å². The molecule has 5 nitrogen and oxygen atoms in total. The molecule has 0 radical (unpaired) electrons. The number of nitrogens with zero attached hydrogens (tertiary/aromatic N) is 4. The van der Waals surface area contributed by atoms with Crippen molar-refractivity contribution >= 4 is 34.2 Å². The first kappa shape index (κ1) is 23.2. The number of fused-ring (bicyclic) bond motifs is 1. The minimum atomic E-state index is -0.0313. The zero-order valence-corrected chi connectivity index (χ0v) is 21.4. The molecule has 0 spiro atoms. The van der Waals surface area contributed by atoms with Gasteiger partial charge in [-0.3, -0.25) is 0 Å². The molecule has 0 amide bonds. The van der Waals surface area contributed by atoms with E-state index in [1.54, 1.807) is 7.11 Å². The topological polar surface area (TPSA) is 50.6 Å². The van der Waals surface area contributed by atoms with E-state index in [1.165, 1.54) is 11.1 Å². The highest BCUT2D eigenvalue weighted by Crippen LogP contribution is 2.38. The van der Waals surface area contributed by atoms with Crippen LogP contribution in [0.4, 0.5) is 5.95 Å². The van der Waals surface area contributed by atoms with Gasteiger partial charge in [0.05, 0.1) is 30.1 Å². The summed E-state index contributed by atoms with van der Waals surface area (Å²) in [6.07, 6.45) is 0.738. The van der Waals surface area contributed by atoms with E-state index in [-0.39, 0.29) is 6.04 Å². The molecular formula is C31H25ClN4O. The molecule has 1 aliphatic heterocycles. The van der Waals surface area contributed by atoms with Crippen molar-refractivity contribution in [3.8, 4) is 17.0 Å². The Morgan fingerprint density at radius 2 is 1.59 bits per heavy atom. The molecule has 2 heterocycles. The maximum Gasteiger partial charge on any atom is 0.247 e. The number of hydrazone groups is 1. The summed E-state index contributed by atoms with van der Waals surface area (Å²) in [6.45, 7) is 2.11. The molecule has 0 fully saturated rings. The van der Waals surface area contributed by atoms with E-state index in [4.69, 9.17) is 31.4 Å². The highest BCUT2D eigenvalue weighted by atomic mass is 35.5. The summed E-state index contributed by atoms with van der Waals surface area (Å²) in [4.78, 5) is 10.1. The van der Waals surface area contributed by atoms with Crippen molar-refractivity contribution in [2.24, 2.45) is 5.10 Å². The molecule has 6 heteroatoms. The molecule has 37 heavy (non-hydrogen) atoms. The third-order valence-corrected chi connectivity index (χ3v) is 6.93. The second kappa shape index (κ2) is 9.68. The molecule has 0 saturated carbocycles. The van der Waals surface area contributed by atoms with Crippen LogP contribution in [0.3, 0.4) is 0 Å². The number of aryl methyl sites for hydroxylation is 1. The predicted molar refractivity (Wildman–Crippen MR) is 151 cm³/mol. The molecule has 4 aromatic carbocycles. The van der Waals surface area contributed by atoms with Gasteiger partial charge in [0.15, 0.2) is 0 Å². The van der Waals surface area contributed by atoms with Crippen LogP contribution in [-0.4, -0.2) is 22.8 Å². The molecule has 0 N–H and O–H groups in total. The maximum absolute atomic E-state index is 6.18. The van der Waals surface area contributed by atoms with Gasteiger partial charge in [0.1, 0.15) is 5.75 Å². The van der Waals surface area contributed by atoms with Gasteiger partial charge in [-0.2, -0.15) is 5.10 Å². The molecular weight excluding hydrogens is 480 g/mol. The fourth-order valence-electron chi connectivity index (χ4n) is 4.78. The Labute approximate surface area is 221 Å². The van der Waals surface area contributed by atoms with Crippen molar-refractivity contribution in [2.75, 3.05) is 12.1 Å². The number of methoxy groups -OCH3 is 1. The summed E-state index contributed by atoms with van der Waals surface area (Å²) < 4.78 is 5.35. The molecule has 5 aromatic rings. The fourth-order valence-corrected chi connectivity index (χ4v) is 4.91. The largest absolute Gasteiger partial charge is 0.497 e. The van der Waals surface area contributed by atoms with Crippen LogP contribution in [0.25, 0.3) is 22.2 Å². The summed E-state index contributed by atoms with van der Waals surface area (Å²) >= 11 is 6.18. The van der Waals surface area contributed by atoms with Gasteiger partial charge in [0.25, 0.3) is 0 Å². The Hall–Kier alpha value is -4.22. The van der Waals surface area contributed by atoms with Gasteiger partial charge in [-0.25, -0.2) is 15.0 Å². The number of anilines is 1. The maximum atomic E-state index is 6.18. The van der Waals surface area contributed by atoms with Crippen LogP contribution >= 0.6 is 11.6 Å². The number of hydrogen-bond donors (Lipinski definition) is 0. The van der Waals surface area contributed by atoms with Gasteiger partial charge >= 0.3 is 0 Å². The Morgan fingerprint density at radius 3 is 2.35 bits per heavy atom. The lowest BCUT2D eigenvalue weighted by Gasteiger charge is -2.23. The van der Waals surface area contributed by atoms with Gasteiger partial charge in [0, 0.05) is 22.4 Å². The lowest BCUT2D eigenvalue weighted by Crippen LogP contribution is -2.21. The molecule has 0 aliphatic carbocycles. The van der Waals surface area contributed by atoms with Crippen LogP contribution in [-0.2, 0) is 0 Å². The number of halogens is 1. The molecule has 0 saturated heterocycles. The van der Waals surface area contributed by atoms with Crippen LogP contribution in [0.5, 0.6) is 5.75 Å². The standard InChI is InChI=1S/C31H25ClN4O/c1-20-6-5-7-23(18-20)29-19-28(21-12-16-25(37-2)17-13-21)35-36(29)31-33-27-9-4-3-8-26(27)30(34-31)22-10-14-24(32)15-11-22/h3-18,29H,19H2,1-2H3/t29-/m0/s1. The first-order chi connectivity index (χ1) is 18.1. The Kier molecular flexibility index (Phi) is 6.07. The van der Waals surface area contributed by atoms with Gasteiger partial charge in [-0.1, -0.05) is 71.8 Å². The van der Waals surface area contributed by atoms with E-state index < -0.39 is 0 Å². The zero-order valence-electron chi connectivity index (χ0n) is 20.6. The molecule has 182 valence electrons. The van der Waals surface area contributed by atoms with E-state index in [9.17, 15) is 0 Å². The Morgan fingerprint density at radius 1 is 0.838 bits per heavy atom. The van der Waals surface area contributed by atoms with E-state index >= 15 is 0 Å². The van der Waals surface area contributed by atoms with Crippen LogP contribution < -0.4 is 9.75 Å². The lowest BCUT2D eigenvalue weighted by molar-refractivity contribution is 0.415. The number of ether oxygens (including phenoxy) is 1. The highest BCUT2D eigenvalue weighted by molar-refractivity contribution is 6.30. The summed E-state index contributed by atoms with van der Waals surface area (Å²) in [5.74, 6) is 1.39. The van der Waals surface area contributed by atoms with Crippen LogP contribution in [0.1, 0.15) is 29.2 Å². The zero-order chi connectivity index (χ0) is 25.4. The number of aromatic nitrogens is 2. The lowest BCUT2D eigenvalue weighted by atomic mass is 9.97. The van der Waals surface area contributed by atoms with Crippen LogP contribution in [0, 0.1) is 6.92 Å². The SMILES string of the molecule is COc1ccc(C2=NN(c3nc(-c4ccc(Cl)cc4)c4ccccc4n3)[C@H](c3cccc(C)c3)C2)cc1. The molecule has 0 bridgehead atoms. The minimum Gasteiger partial charge on any atom is -0.497 e. The summed E-state index contributed by atoms with van der Waals surface area (Å²) in [7, 11) is 1.67. The number of benzene rings is 4. The highest BCUT2D eigenvalue weighted by Gasteiger charge is 2.32. The van der Waals surface area contributed by atoms with Gasteiger partial charge in [0.2, 0.25) is 5.95 Å². The second-order valence-electron chi connectivity index (χ2n) is 9.15. The smallest absolute Gasteiger partial charge is 0.247 e. The molecule has 1 aromatic heterocycles. The van der Waals surface area contributed by atoms with E-state index in [0.717, 1.165) is 45.6 Å². The van der Waals surface area contributed by atoms with Crippen molar-refractivity contribution in [2.45, 2.75) is 19.4 Å². The molecule has 1 aliphatic rings. The first-order valence-corrected chi connectivity index (χ1v) is 12.6. The van der Waals surface area contributed by atoms with Gasteiger partial charge in [-0.15, -0.1) is 0 Å². The first-order valence-electron chi connectivity index (χ1n) is 12.2. The average molecular weight is 505 g/mol. The van der Waals surface area contributed by atoms with Crippen molar-refractivity contribution in [1.82, 2.24) is 9.97 Å². The summed E-state index contributed by atoms with van der Waals surface area (Å²) in [5.41, 5.74) is 7.13. The van der Waals surface area contributed by atoms with E-state index in [2.05, 4.69) is 49.4 Å². The van der Waals surface area contributed by atoms with E-state index in [0.29, 0.717) is 11.0 Å². The number of hydrogen-bond acceptors (Lipinski definition) is 5. The number of para-hydroxylation sites is 1. The van der Waals surface area contributed by atoms with Crippen LogP contribution in [0.15, 0.2) is 102 Å². The number of rotatable bonds is 5. The third-order valence-electron chi connectivity index (χ3n) is 6.67. The Bertz CT molecular complexity index is 1610. The fraction of sp³-hybridized carbons (Fsp3) is 0.129. The summed E-state index contributed by atoms with van der Waals surface area (Å²) in [5, 5.41) is 8.74. The average Bonchev–Trinajstić information content (AvgIpc) is 3.39. The Balaban J connectivity index is 1.51.